The van der Waals surface area contributed by atoms with Gasteiger partial charge in [-0.25, -0.2) is 13.2 Å². The maximum absolute atomic E-state index is 13.7. The van der Waals surface area contributed by atoms with Crippen molar-refractivity contribution < 1.29 is 47.0 Å². The Balaban J connectivity index is 0.000000391. The summed E-state index contributed by atoms with van der Waals surface area (Å²) in [6, 6.07) is 49.5. The van der Waals surface area contributed by atoms with Crippen LogP contribution in [-0.2, 0) is 67.3 Å². The van der Waals surface area contributed by atoms with Gasteiger partial charge in [0.2, 0.25) is 0 Å². The number of phenolic OH excluding ortho intramolecular Hbond substituents is 1. The second-order valence-corrected chi connectivity index (χ2v) is 46.1. The van der Waals surface area contributed by atoms with Crippen LogP contribution in [0.4, 0.5) is 13.2 Å². The number of Topliss-reactive ketones (excluding diaryl/α,β-unsaturated/α-hetero) is 6. The van der Waals surface area contributed by atoms with Crippen LogP contribution in [0.1, 0.15) is 273 Å². The highest BCUT2D eigenvalue weighted by Crippen LogP contribution is 2.37. The Morgan fingerprint density at radius 3 is 1.07 bits per heavy atom. The zero-order valence-electron chi connectivity index (χ0n) is 82.6. The highest BCUT2D eigenvalue weighted by atomic mass is 79.9. The number of hydrogen-bond acceptors (Lipinski definition) is 11. The van der Waals surface area contributed by atoms with Gasteiger partial charge < -0.3 is 26.4 Å². The molecule has 6 atom stereocenters. The second-order valence-electron chi connectivity index (χ2n) is 44.0. The van der Waals surface area contributed by atoms with Crippen LogP contribution < -0.4 is 21.3 Å². The lowest BCUT2D eigenvalue weighted by Gasteiger charge is -2.32. The molecule has 5 N–H and O–H groups in total. The number of phenols is 1. The van der Waals surface area contributed by atoms with Crippen LogP contribution in [0, 0.1) is 80.5 Å². The van der Waals surface area contributed by atoms with Crippen molar-refractivity contribution in [2.75, 3.05) is 0 Å². The van der Waals surface area contributed by atoms with E-state index in [1.807, 2.05) is 162 Å². The minimum atomic E-state index is -0.877. The van der Waals surface area contributed by atoms with E-state index in [1.165, 1.54) is 38.7 Å². The fourth-order valence-electron chi connectivity index (χ4n) is 15.0. The number of rotatable bonds is 28. The minimum absolute atomic E-state index is 0.0390. The Bertz CT molecular complexity index is 4580. The first kappa shape index (κ1) is 113. The van der Waals surface area contributed by atoms with E-state index in [0.29, 0.717) is 52.4 Å². The maximum Gasteiger partial charge on any atom is 0.159 e. The van der Waals surface area contributed by atoms with Crippen molar-refractivity contribution in [2.45, 2.75) is 327 Å². The molecule has 0 fully saturated rings. The summed E-state index contributed by atoms with van der Waals surface area (Å²) in [5, 5.41) is 28.5. The summed E-state index contributed by atoms with van der Waals surface area (Å²) in [6.07, 6.45) is 5.60. The molecule has 0 saturated carbocycles. The van der Waals surface area contributed by atoms with Gasteiger partial charge in [-0.2, -0.15) is 0 Å². The minimum Gasteiger partial charge on any atom is -0.508 e. The fourth-order valence-corrected chi connectivity index (χ4v) is 16.5. The van der Waals surface area contributed by atoms with Gasteiger partial charge in [-0.1, -0.05) is 307 Å². The van der Waals surface area contributed by atoms with Crippen LogP contribution in [0.3, 0.4) is 0 Å². The highest BCUT2D eigenvalue weighted by Gasteiger charge is 2.37. The van der Waals surface area contributed by atoms with Crippen molar-refractivity contribution in [1.29, 1.82) is 0 Å². The van der Waals surface area contributed by atoms with Gasteiger partial charge in [0, 0.05) is 73.5 Å². The van der Waals surface area contributed by atoms with Gasteiger partial charge in [0.25, 0.3) is 0 Å². The summed E-state index contributed by atoms with van der Waals surface area (Å²) in [6.45, 7) is 67.0. The smallest absolute Gasteiger partial charge is 0.159 e. The largest absolute Gasteiger partial charge is 0.508 e. The summed E-state index contributed by atoms with van der Waals surface area (Å²) in [5.74, 6) is -0.410. The lowest BCUT2D eigenvalue weighted by atomic mass is 9.73. The van der Waals surface area contributed by atoms with Gasteiger partial charge in [0.1, 0.15) is 17.3 Å². The Morgan fingerprint density at radius 1 is 0.373 bits per heavy atom. The first-order valence-electron chi connectivity index (χ1n) is 44.9. The lowest BCUT2D eigenvalue weighted by molar-refractivity contribution is -0.132. The zero-order chi connectivity index (χ0) is 96.5. The van der Waals surface area contributed by atoms with Gasteiger partial charge >= 0.3 is 0 Å². The molecule has 0 aromatic heterocycles. The molecule has 17 heteroatoms. The predicted octanol–water partition coefficient (Wildman–Crippen LogP) is 27.6. The molecule has 126 heavy (non-hydrogen) atoms. The average molecular weight is 1890 g/mol. The van der Waals surface area contributed by atoms with Crippen LogP contribution >= 0.6 is 43.5 Å². The molecule has 0 aliphatic carbocycles. The third-order valence-corrected chi connectivity index (χ3v) is 22.4. The van der Waals surface area contributed by atoms with Crippen LogP contribution in [0.5, 0.6) is 5.75 Å². The molecule has 0 radical (unpaired) electrons. The van der Waals surface area contributed by atoms with Crippen molar-refractivity contribution in [3.8, 4) is 5.75 Å². The van der Waals surface area contributed by atoms with Crippen molar-refractivity contribution in [1.82, 2.24) is 21.3 Å². The van der Waals surface area contributed by atoms with Crippen LogP contribution in [-0.4, -0.2) is 87.1 Å². The van der Waals surface area contributed by atoms with Gasteiger partial charge in [0.15, 0.2) is 40.6 Å². The SMILES string of the molecule is CC(C)(C)CC(Cc1cc(Br)c(F)c(Br)c1)C(=O)C(C)(C)C.CC(C)(C)CC(Cc1cccc2ccccc12)C(=O)C(C)(C)C.CC(C)(C)N[C@H](Cc1ccc(O)cc1)C(=O)C(C)(C)C.CC(C)(C)N[C@H](Cc1cccc2ccccc12)C(=O)C(C)(C)C.CC(C)NC(Cc1ccc(F)c(F)c1)C(=O)C(C)C.Cc1ccc(CC(NC(C)C)C(=O)C(C)C)cc1Cl. The van der Waals surface area contributed by atoms with E-state index < -0.39 is 11.6 Å². The molecule has 0 saturated heterocycles. The molecular formula is C109H156Br2ClF3N4O7. The Labute approximate surface area is 779 Å². The van der Waals surface area contributed by atoms with E-state index in [0.717, 1.165) is 58.7 Å². The number of ketones is 6. The first-order valence-corrected chi connectivity index (χ1v) is 46.9. The van der Waals surface area contributed by atoms with Gasteiger partial charge in [-0.15, -0.1) is 0 Å². The van der Waals surface area contributed by atoms with Gasteiger partial charge in [-0.3, -0.25) is 28.8 Å². The second kappa shape index (κ2) is 49.3. The molecule has 0 spiro atoms. The number of benzene rings is 8. The van der Waals surface area contributed by atoms with E-state index in [-0.39, 0.29) is 144 Å². The van der Waals surface area contributed by atoms with E-state index in [1.54, 1.807) is 24.3 Å². The zero-order valence-corrected chi connectivity index (χ0v) is 86.5. The molecule has 696 valence electrons. The molecule has 0 bridgehead atoms. The molecule has 8 aromatic rings. The number of carbonyl (C=O) groups is 6. The number of fused-ring (bicyclic) bond motifs is 2. The number of carbonyl (C=O) groups excluding carboxylic acids is 6. The van der Waals surface area contributed by atoms with E-state index >= 15 is 0 Å². The molecule has 8 aromatic carbocycles. The predicted molar refractivity (Wildman–Crippen MR) is 533 cm³/mol. The van der Waals surface area contributed by atoms with E-state index in [2.05, 4.69) is 235 Å². The summed E-state index contributed by atoms with van der Waals surface area (Å²) < 4.78 is 40.6. The summed E-state index contributed by atoms with van der Waals surface area (Å²) in [5.41, 5.74) is 5.90. The molecule has 0 aliphatic heterocycles. The first-order chi connectivity index (χ1) is 57.6. The number of nitrogens with one attached hydrogen (secondary N) is 4. The molecule has 0 aliphatic rings. The molecule has 0 amide bonds. The van der Waals surface area contributed by atoms with Crippen LogP contribution in [0.15, 0.2) is 167 Å². The topological polar surface area (TPSA) is 171 Å². The normalized spacial score (nSPS) is 13.7. The molecular weight excluding hydrogens is 1730 g/mol. The number of halogens is 6. The van der Waals surface area contributed by atoms with Gasteiger partial charge in [-0.05, 0) is 245 Å². The number of aryl methyl sites for hydroxylation is 1. The van der Waals surface area contributed by atoms with Crippen LogP contribution in [0.25, 0.3) is 21.5 Å². The Kier molecular flexibility index (Phi) is 44.3. The Morgan fingerprint density at radius 2 is 0.714 bits per heavy atom. The summed E-state index contributed by atoms with van der Waals surface area (Å²) in [7, 11) is 0. The summed E-state index contributed by atoms with van der Waals surface area (Å²) in [4.78, 5) is 75.6. The third kappa shape index (κ3) is 41.4. The number of aromatic hydroxyl groups is 1. The average Bonchev–Trinajstić information content (AvgIpc) is 0.818. The van der Waals surface area contributed by atoms with Crippen LogP contribution in [0.2, 0.25) is 5.02 Å². The Hall–Kier alpha value is -7.02. The van der Waals surface area contributed by atoms with Crippen molar-refractivity contribution in [2.24, 2.45) is 56.2 Å². The van der Waals surface area contributed by atoms with Crippen molar-refractivity contribution >= 4 is 99.7 Å². The van der Waals surface area contributed by atoms with E-state index in [4.69, 9.17) is 11.6 Å². The quantitative estimate of drug-likeness (QED) is 0.0296. The lowest BCUT2D eigenvalue weighted by Crippen LogP contribution is -2.51. The molecule has 8 rings (SSSR count). The number of hydrogen-bond donors (Lipinski definition) is 5. The summed E-state index contributed by atoms with van der Waals surface area (Å²) >= 11 is 12.6. The van der Waals surface area contributed by atoms with E-state index in [9.17, 15) is 47.0 Å². The van der Waals surface area contributed by atoms with Gasteiger partial charge in [0.05, 0.1) is 33.1 Å². The fraction of sp³-hybridized carbons (Fsp3) is 0.541. The monoisotopic (exact) mass is 1880 g/mol. The molecule has 11 nitrogen and oxygen atoms in total. The highest BCUT2D eigenvalue weighted by molar-refractivity contribution is 9.11. The molecule has 0 heterocycles. The third-order valence-electron chi connectivity index (χ3n) is 20.8. The van der Waals surface area contributed by atoms with Crippen molar-refractivity contribution in [3.63, 3.8) is 0 Å². The standard InChI is InChI=1S/C22H30O.C21H29NO.C18H25Br2FO.C17H27NO2.C16H24ClNO.C15H21F2NO/c1-21(2,3)15-18(20(23)22(4,5)6)14-17-12-9-11-16-10-7-8-13-19(16)17;1-20(2,3)19(23)18(22-21(4,5)6)14-16-12-9-11-15-10-7-8-13-17(15)16;1-17(2,3)10-12(16(22)18(4,5)6)7-11-8-13(19)15(21)14(20)9-11;1-16(2,3)15(20)14(18-17(4,5)6)11-12-7-9-13(19)10-8-12;1-10(2)16(19)15(18-11(3)4)9-13-7-6-12(5)14(17)8-13;1-9(2)15(19)14(18-10(3)4)8-11-5-6-12(16)13(17)7-11/h7-13,18H,14-15H2,1-6H3;7-13,18,22H,14H2,1-6H3;8-9,12H,7,10H2,1-6H3;7-10,14,18-19H,11H2,1-6H3;6-8,10-11,15,18H,9H2,1-5H3;5-7,9-10,14,18H,8H2,1-4H3/t;18-;;14-;;/m.1.1../s1. The van der Waals surface area contributed by atoms with Crippen molar-refractivity contribution in [3.05, 3.63) is 228 Å². The maximum atomic E-state index is 13.7. The molecule has 4 unspecified atom stereocenters.